The van der Waals surface area contributed by atoms with Gasteiger partial charge in [0.25, 0.3) is 10.0 Å². The number of rotatable bonds is 4. The summed E-state index contributed by atoms with van der Waals surface area (Å²) in [5.41, 5.74) is 0.182. The molecule has 6 nitrogen and oxygen atoms in total. The molecule has 0 amide bonds. The second-order valence-electron chi connectivity index (χ2n) is 4.71. The van der Waals surface area contributed by atoms with Crippen LogP contribution in [-0.2, 0) is 10.0 Å². The standard InChI is InChI=1S/C15H12N4O2S2/c1-22-15-13(9-16)14(17-18-15)19-23(20,21)12-7-6-10-4-2-3-5-11(10)8-12/h2-8H,1H3,(H2,17,18,19). The zero-order chi connectivity index (χ0) is 16.4. The van der Waals surface area contributed by atoms with E-state index in [9.17, 15) is 8.42 Å². The number of aromatic nitrogens is 2. The van der Waals surface area contributed by atoms with Gasteiger partial charge in [0.05, 0.1) is 4.90 Å². The molecule has 0 unspecified atom stereocenters. The monoisotopic (exact) mass is 344 g/mol. The van der Waals surface area contributed by atoms with E-state index < -0.39 is 10.0 Å². The lowest BCUT2D eigenvalue weighted by atomic mass is 10.1. The van der Waals surface area contributed by atoms with E-state index in [4.69, 9.17) is 5.26 Å². The van der Waals surface area contributed by atoms with Crippen molar-refractivity contribution in [1.82, 2.24) is 10.2 Å². The van der Waals surface area contributed by atoms with Gasteiger partial charge in [-0.05, 0) is 29.2 Å². The van der Waals surface area contributed by atoms with Crippen LogP contribution in [0.2, 0.25) is 0 Å². The topological polar surface area (TPSA) is 98.6 Å². The quantitative estimate of drug-likeness (QED) is 0.709. The Morgan fingerprint density at radius 1 is 1.22 bits per heavy atom. The van der Waals surface area contributed by atoms with Gasteiger partial charge in [-0.3, -0.25) is 9.82 Å². The van der Waals surface area contributed by atoms with Crippen LogP contribution in [0.15, 0.2) is 52.4 Å². The molecule has 0 saturated carbocycles. The van der Waals surface area contributed by atoms with Crippen molar-refractivity contribution in [2.45, 2.75) is 9.92 Å². The molecule has 0 aliphatic carbocycles. The largest absolute Gasteiger partial charge is 0.263 e. The van der Waals surface area contributed by atoms with Crippen LogP contribution in [-0.4, -0.2) is 24.9 Å². The molecule has 2 aromatic carbocycles. The first kappa shape index (κ1) is 15.4. The highest BCUT2D eigenvalue weighted by molar-refractivity contribution is 7.98. The van der Waals surface area contributed by atoms with Gasteiger partial charge in [-0.1, -0.05) is 30.3 Å². The summed E-state index contributed by atoms with van der Waals surface area (Å²) in [6, 6.07) is 14.3. The van der Waals surface area contributed by atoms with Crippen LogP contribution in [0, 0.1) is 11.3 Å². The minimum Gasteiger partial charge on any atom is -0.263 e. The molecule has 0 aliphatic heterocycles. The van der Waals surface area contributed by atoms with Crippen molar-refractivity contribution in [2.75, 3.05) is 11.0 Å². The van der Waals surface area contributed by atoms with E-state index in [0.717, 1.165) is 10.8 Å². The number of nitrogens with zero attached hydrogens (tertiary/aromatic N) is 2. The highest BCUT2D eigenvalue weighted by Gasteiger charge is 2.20. The Hall–Kier alpha value is -2.50. The molecule has 1 aromatic heterocycles. The van der Waals surface area contributed by atoms with Crippen molar-refractivity contribution < 1.29 is 8.42 Å². The lowest BCUT2D eigenvalue weighted by Gasteiger charge is -2.07. The van der Waals surface area contributed by atoms with Crippen LogP contribution in [0.3, 0.4) is 0 Å². The molecule has 116 valence electrons. The Kier molecular flexibility index (Phi) is 3.98. The van der Waals surface area contributed by atoms with E-state index in [2.05, 4.69) is 14.9 Å². The molecule has 0 fully saturated rings. The number of thioether (sulfide) groups is 1. The summed E-state index contributed by atoms with van der Waals surface area (Å²) in [5.74, 6) is 0.0741. The molecule has 0 aliphatic rings. The SMILES string of the molecule is CSc1n[nH]c(NS(=O)(=O)c2ccc3ccccc3c2)c1C#N. The maximum atomic E-state index is 12.5. The molecule has 23 heavy (non-hydrogen) atoms. The number of aromatic amines is 1. The minimum atomic E-state index is -3.81. The molecule has 0 atom stereocenters. The lowest BCUT2D eigenvalue weighted by Crippen LogP contribution is -2.14. The third kappa shape index (κ3) is 2.88. The summed E-state index contributed by atoms with van der Waals surface area (Å²) in [6.07, 6.45) is 1.76. The summed E-state index contributed by atoms with van der Waals surface area (Å²) >= 11 is 1.26. The van der Waals surface area contributed by atoms with E-state index in [1.54, 1.807) is 18.4 Å². The minimum absolute atomic E-state index is 0.0741. The van der Waals surface area contributed by atoms with Gasteiger partial charge in [0.15, 0.2) is 5.82 Å². The molecule has 0 radical (unpaired) electrons. The average molecular weight is 344 g/mol. The molecule has 3 rings (SSSR count). The van der Waals surface area contributed by atoms with Crippen LogP contribution < -0.4 is 4.72 Å². The fourth-order valence-electron chi connectivity index (χ4n) is 2.18. The Bertz CT molecular complexity index is 1020. The lowest BCUT2D eigenvalue weighted by molar-refractivity contribution is 0.601. The zero-order valence-corrected chi connectivity index (χ0v) is 13.7. The van der Waals surface area contributed by atoms with Gasteiger partial charge >= 0.3 is 0 Å². The van der Waals surface area contributed by atoms with E-state index in [-0.39, 0.29) is 16.3 Å². The van der Waals surface area contributed by atoms with Gasteiger partial charge < -0.3 is 0 Å². The van der Waals surface area contributed by atoms with E-state index in [1.165, 1.54) is 17.8 Å². The van der Waals surface area contributed by atoms with Crippen LogP contribution in [0.5, 0.6) is 0 Å². The molecule has 0 spiro atoms. The van der Waals surface area contributed by atoms with Gasteiger partial charge in [-0.2, -0.15) is 10.4 Å². The summed E-state index contributed by atoms with van der Waals surface area (Å²) in [7, 11) is -3.81. The van der Waals surface area contributed by atoms with Crippen molar-refractivity contribution in [1.29, 1.82) is 5.26 Å². The molecule has 0 bridgehead atoms. The van der Waals surface area contributed by atoms with E-state index >= 15 is 0 Å². The number of sulfonamides is 1. The molecule has 1 heterocycles. The highest BCUT2D eigenvalue weighted by Crippen LogP contribution is 2.26. The maximum Gasteiger partial charge on any atom is 0.263 e. The van der Waals surface area contributed by atoms with Gasteiger partial charge in [0, 0.05) is 0 Å². The highest BCUT2D eigenvalue weighted by atomic mass is 32.2. The number of hydrogen-bond donors (Lipinski definition) is 2. The van der Waals surface area contributed by atoms with E-state index in [1.807, 2.05) is 30.3 Å². The van der Waals surface area contributed by atoms with Crippen molar-refractivity contribution in [3.8, 4) is 6.07 Å². The number of hydrogen-bond acceptors (Lipinski definition) is 5. The average Bonchev–Trinajstić information content (AvgIpc) is 2.95. The first-order chi connectivity index (χ1) is 11.0. The molecule has 0 saturated heterocycles. The molecular weight excluding hydrogens is 332 g/mol. The fraction of sp³-hybridized carbons (Fsp3) is 0.0667. The summed E-state index contributed by atoms with van der Waals surface area (Å²) < 4.78 is 27.5. The van der Waals surface area contributed by atoms with Crippen LogP contribution >= 0.6 is 11.8 Å². The van der Waals surface area contributed by atoms with E-state index in [0.29, 0.717) is 5.03 Å². The van der Waals surface area contributed by atoms with Gasteiger partial charge in [0.2, 0.25) is 0 Å². The molecular formula is C15H12N4O2S2. The Morgan fingerprint density at radius 2 is 1.96 bits per heavy atom. The first-order valence-electron chi connectivity index (χ1n) is 6.59. The predicted octanol–water partition coefficient (Wildman–Crippen LogP) is 2.96. The summed E-state index contributed by atoms with van der Waals surface area (Å²) in [4.78, 5) is 0.125. The third-order valence-corrected chi connectivity index (χ3v) is 5.34. The number of nitriles is 1. The van der Waals surface area contributed by atoms with Crippen LogP contribution in [0.4, 0.5) is 5.82 Å². The normalized spacial score (nSPS) is 11.3. The smallest absolute Gasteiger partial charge is 0.263 e. The summed E-state index contributed by atoms with van der Waals surface area (Å²) in [6.45, 7) is 0. The van der Waals surface area contributed by atoms with Gasteiger partial charge in [0.1, 0.15) is 16.7 Å². The number of H-pyrrole nitrogens is 1. The molecule has 2 N–H and O–H groups in total. The Morgan fingerprint density at radius 3 is 2.65 bits per heavy atom. The predicted molar refractivity (Wildman–Crippen MR) is 89.8 cm³/mol. The molecule has 3 aromatic rings. The van der Waals surface area contributed by atoms with Crippen molar-refractivity contribution in [2.24, 2.45) is 0 Å². The number of benzene rings is 2. The zero-order valence-electron chi connectivity index (χ0n) is 12.1. The number of fused-ring (bicyclic) bond motifs is 1. The molecule has 8 heteroatoms. The first-order valence-corrected chi connectivity index (χ1v) is 9.30. The van der Waals surface area contributed by atoms with Crippen molar-refractivity contribution in [3.05, 3.63) is 48.0 Å². The van der Waals surface area contributed by atoms with Crippen LogP contribution in [0.1, 0.15) is 5.56 Å². The fourth-order valence-corrected chi connectivity index (χ4v) is 3.73. The van der Waals surface area contributed by atoms with Gasteiger partial charge in [-0.15, -0.1) is 11.8 Å². The second-order valence-corrected chi connectivity index (χ2v) is 7.19. The third-order valence-electron chi connectivity index (χ3n) is 3.31. The van der Waals surface area contributed by atoms with Crippen molar-refractivity contribution >= 4 is 38.4 Å². The second kappa shape index (κ2) is 5.95. The number of nitrogens with one attached hydrogen (secondary N) is 2. The van der Waals surface area contributed by atoms with Gasteiger partial charge in [-0.25, -0.2) is 8.42 Å². The maximum absolute atomic E-state index is 12.5. The summed E-state index contributed by atoms with van der Waals surface area (Å²) in [5, 5.41) is 17.9. The van der Waals surface area contributed by atoms with Crippen LogP contribution in [0.25, 0.3) is 10.8 Å². The Balaban J connectivity index is 2.01. The Labute approximate surface area is 137 Å². The number of anilines is 1. The van der Waals surface area contributed by atoms with Crippen molar-refractivity contribution in [3.63, 3.8) is 0 Å².